The van der Waals surface area contributed by atoms with Crippen LogP contribution >= 0.6 is 11.6 Å². The lowest BCUT2D eigenvalue weighted by Crippen LogP contribution is -2.18. The molecule has 0 saturated carbocycles. The summed E-state index contributed by atoms with van der Waals surface area (Å²) in [4.78, 5) is 21.8. The lowest BCUT2D eigenvalue weighted by molar-refractivity contribution is -0.111. The van der Waals surface area contributed by atoms with E-state index in [1.807, 2.05) is 0 Å². The summed E-state index contributed by atoms with van der Waals surface area (Å²) in [6.45, 7) is 1.05. The van der Waals surface area contributed by atoms with E-state index in [9.17, 15) is 9.18 Å². The summed E-state index contributed by atoms with van der Waals surface area (Å²) in [7, 11) is 3.12. The molecule has 3 aromatic carbocycles. The first-order valence-electron chi connectivity index (χ1n) is 12.4. The lowest BCUT2D eigenvalue weighted by Gasteiger charge is -2.17. The maximum absolute atomic E-state index is 13.7. The summed E-state index contributed by atoms with van der Waals surface area (Å²) in [6, 6.07) is 13.0. The van der Waals surface area contributed by atoms with E-state index in [4.69, 9.17) is 30.5 Å². The normalized spacial score (nSPS) is 14.8. The molecule has 0 radical (unpaired) electrons. The molecule has 2 N–H and O–H groups in total. The number of aromatic nitrogens is 2. The number of amides is 1. The van der Waals surface area contributed by atoms with Crippen LogP contribution in [-0.2, 0) is 9.53 Å². The molecule has 2 heterocycles. The number of methoxy groups -OCH3 is 2. The summed E-state index contributed by atoms with van der Waals surface area (Å²) in [5.41, 5.74) is 2.21. The van der Waals surface area contributed by atoms with Crippen LogP contribution < -0.4 is 24.8 Å². The second-order valence-corrected chi connectivity index (χ2v) is 9.28. The molecule has 0 spiro atoms. The number of benzene rings is 3. The highest BCUT2D eigenvalue weighted by molar-refractivity contribution is 6.31. The standard InChI is InChI=1S/C29H26ClFN4O5/c1-37-19-5-7-26(38-2)17(11-19)3-8-28(36)35-25-13-21-24(14-27(25)40-20-9-10-39-15-20)32-16-33-29(21)34-18-4-6-23(31)22(30)12-18/h3-8,11-14,16,20H,9-10,15H2,1-2H3,(H,35,36)(H,32,33,34)/b8-3+/t20-/m0/s1. The summed E-state index contributed by atoms with van der Waals surface area (Å²) >= 11 is 5.95. The molecule has 1 amide bonds. The zero-order valence-corrected chi connectivity index (χ0v) is 22.5. The average Bonchev–Trinajstić information content (AvgIpc) is 3.47. The van der Waals surface area contributed by atoms with E-state index < -0.39 is 11.7 Å². The van der Waals surface area contributed by atoms with Gasteiger partial charge in [-0.25, -0.2) is 14.4 Å². The fourth-order valence-electron chi connectivity index (χ4n) is 4.18. The predicted molar refractivity (Wildman–Crippen MR) is 151 cm³/mol. The highest BCUT2D eigenvalue weighted by atomic mass is 35.5. The minimum absolute atomic E-state index is 0.0229. The SMILES string of the molecule is COc1ccc(OC)c(/C=C/C(=O)Nc2cc3c(Nc4ccc(F)c(Cl)c4)ncnc3cc2O[C@H]2CCOC2)c1. The van der Waals surface area contributed by atoms with E-state index in [1.54, 1.807) is 56.7 Å². The molecule has 1 atom stereocenters. The van der Waals surface area contributed by atoms with Gasteiger partial charge in [0.05, 0.1) is 43.7 Å². The molecule has 1 aromatic heterocycles. The van der Waals surface area contributed by atoms with Crippen LogP contribution in [0.15, 0.2) is 60.9 Å². The number of hydrogen-bond donors (Lipinski definition) is 2. The third-order valence-electron chi connectivity index (χ3n) is 6.21. The van der Waals surface area contributed by atoms with Crippen molar-refractivity contribution in [3.05, 3.63) is 77.3 Å². The molecule has 0 bridgehead atoms. The quantitative estimate of drug-likeness (QED) is 0.238. The number of hydrogen-bond acceptors (Lipinski definition) is 8. The number of nitrogens with zero attached hydrogens (tertiary/aromatic N) is 2. The van der Waals surface area contributed by atoms with Crippen molar-refractivity contribution in [3.63, 3.8) is 0 Å². The Morgan fingerprint density at radius 1 is 1.10 bits per heavy atom. The fourth-order valence-corrected chi connectivity index (χ4v) is 4.36. The third kappa shape index (κ3) is 6.24. The Morgan fingerprint density at radius 3 is 2.73 bits per heavy atom. The van der Waals surface area contributed by atoms with Gasteiger partial charge in [-0.05, 0) is 48.5 Å². The minimum atomic E-state index is -0.526. The van der Waals surface area contributed by atoms with E-state index in [2.05, 4.69) is 20.6 Å². The van der Waals surface area contributed by atoms with Crippen LogP contribution in [0.25, 0.3) is 17.0 Å². The van der Waals surface area contributed by atoms with Gasteiger partial charge in [-0.3, -0.25) is 4.79 Å². The van der Waals surface area contributed by atoms with Gasteiger partial charge in [-0.15, -0.1) is 0 Å². The van der Waals surface area contributed by atoms with Gasteiger partial charge in [0.1, 0.15) is 41.3 Å². The molecule has 5 rings (SSSR count). The van der Waals surface area contributed by atoms with E-state index >= 15 is 0 Å². The number of carbonyl (C=O) groups excluding carboxylic acids is 1. The van der Waals surface area contributed by atoms with Crippen molar-refractivity contribution in [3.8, 4) is 17.2 Å². The van der Waals surface area contributed by atoms with E-state index in [0.29, 0.717) is 64.1 Å². The smallest absolute Gasteiger partial charge is 0.248 e. The first-order valence-corrected chi connectivity index (χ1v) is 12.8. The van der Waals surface area contributed by atoms with E-state index in [-0.39, 0.29) is 11.1 Å². The molecule has 4 aromatic rings. The molecule has 0 unspecified atom stereocenters. The van der Waals surface area contributed by atoms with Gasteiger partial charge in [0.15, 0.2) is 0 Å². The summed E-state index contributed by atoms with van der Waals surface area (Å²) < 4.78 is 36.0. The molecule has 40 heavy (non-hydrogen) atoms. The van der Waals surface area contributed by atoms with E-state index in [0.717, 1.165) is 6.42 Å². The van der Waals surface area contributed by atoms with Crippen molar-refractivity contribution < 1.29 is 28.1 Å². The Kier molecular flexibility index (Phi) is 8.28. The number of rotatable bonds is 9. The zero-order chi connectivity index (χ0) is 28.1. The molecule has 0 aliphatic carbocycles. The molecule has 1 saturated heterocycles. The molecule has 206 valence electrons. The second kappa shape index (κ2) is 12.2. The van der Waals surface area contributed by atoms with Crippen LogP contribution in [-0.4, -0.2) is 49.4 Å². The molecule has 11 heteroatoms. The van der Waals surface area contributed by atoms with Crippen LogP contribution in [0.1, 0.15) is 12.0 Å². The van der Waals surface area contributed by atoms with Crippen molar-refractivity contribution in [2.75, 3.05) is 38.1 Å². The van der Waals surface area contributed by atoms with Crippen molar-refractivity contribution >= 4 is 51.7 Å². The van der Waals surface area contributed by atoms with Crippen molar-refractivity contribution in [1.82, 2.24) is 9.97 Å². The summed E-state index contributed by atoms with van der Waals surface area (Å²) in [5, 5.41) is 6.63. The van der Waals surface area contributed by atoms with Gasteiger partial charge in [0.2, 0.25) is 5.91 Å². The van der Waals surface area contributed by atoms with Gasteiger partial charge in [-0.1, -0.05) is 11.6 Å². The Hall–Kier alpha value is -4.41. The average molecular weight is 565 g/mol. The predicted octanol–water partition coefficient (Wildman–Crippen LogP) is 6.00. The second-order valence-electron chi connectivity index (χ2n) is 8.88. The molecule has 1 aliphatic rings. The third-order valence-corrected chi connectivity index (χ3v) is 6.50. The molecule has 9 nitrogen and oxygen atoms in total. The minimum Gasteiger partial charge on any atom is -0.497 e. The number of fused-ring (bicyclic) bond motifs is 1. The van der Waals surface area contributed by atoms with Crippen LogP contribution in [0.2, 0.25) is 5.02 Å². The zero-order valence-electron chi connectivity index (χ0n) is 21.7. The maximum atomic E-state index is 13.7. The Morgan fingerprint density at radius 2 is 1.98 bits per heavy atom. The topological polar surface area (TPSA) is 104 Å². The Bertz CT molecular complexity index is 1580. The number of nitrogens with one attached hydrogen (secondary N) is 2. The first-order chi connectivity index (χ1) is 19.4. The summed E-state index contributed by atoms with van der Waals surface area (Å²) in [6.07, 6.45) is 5.00. The largest absolute Gasteiger partial charge is 0.497 e. The fraction of sp³-hybridized carbons (Fsp3) is 0.207. The molecule has 1 fully saturated rings. The van der Waals surface area contributed by atoms with Crippen LogP contribution in [0.4, 0.5) is 21.6 Å². The van der Waals surface area contributed by atoms with Gasteiger partial charge >= 0.3 is 0 Å². The van der Waals surface area contributed by atoms with Crippen molar-refractivity contribution in [2.24, 2.45) is 0 Å². The Balaban J connectivity index is 1.47. The van der Waals surface area contributed by atoms with Crippen LogP contribution in [0.3, 0.4) is 0 Å². The van der Waals surface area contributed by atoms with Crippen molar-refractivity contribution in [2.45, 2.75) is 12.5 Å². The number of halogens is 2. The van der Waals surface area contributed by atoms with Gasteiger partial charge in [-0.2, -0.15) is 0 Å². The highest BCUT2D eigenvalue weighted by Gasteiger charge is 2.21. The van der Waals surface area contributed by atoms with Gasteiger partial charge in [0.25, 0.3) is 0 Å². The monoisotopic (exact) mass is 564 g/mol. The highest BCUT2D eigenvalue weighted by Crippen LogP contribution is 2.35. The molecular weight excluding hydrogens is 539 g/mol. The van der Waals surface area contributed by atoms with Crippen LogP contribution in [0.5, 0.6) is 17.2 Å². The number of ether oxygens (including phenoxy) is 4. The van der Waals surface area contributed by atoms with Gasteiger partial charge in [0, 0.05) is 35.2 Å². The molecular formula is C29H26ClFN4O5. The Labute approximate surface area is 234 Å². The number of carbonyl (C=O) groups is 1. The molecule has 1 aliphatic heterocycles. The first kappa shape index (κ1) is 27.2. The lowest BCUT2D eigenvalue weighted by atomic mass is 10.1. The van der Waals surface area contributed by atoms with Gasteiger partial charge < -0.3 is 29.6 Å². The maximum Gasteiger partial charge on any atom is 0.248 e. The van der Waals surface area contributed by atoms with Crippen molar-refractivity contribution in [1.29, 1.82) is 0 Å². The number of anilines is 3. The van der Waals surface area contributed by atoms with Crippen LogP contribution in [0, 0.1) is 5.82 Å². The van der Waals surface area contributed by atoms with E-state index in [1.165, 1.54) is 24.5 Å². The summed E-state index contributed by atoms with van der Waals surface area (Å²) in [5.74, 6) is 1.19.